The standard InChI is InChI=1S/C31H42N2O/c1-3-4-5-6-7-8-9-11-16-27-24-32-31(33-25-27)29-19-21-30(22-20-29)34-23-14-15-26(2)28-17-12-10-13-18-28/h10,12-13,17-22,24-26H,3-9,11,14-16,23H2,1-2H3. The predicted molar refractivity (Wildman–Crippen MR) is 143 cm³/mol. The summed E-state index contributed by atoms with van der Waals surface area (Å²) in [5, 5.41) is 0. The van der Waals surface area contributed by atoms with E-state index in [1.807, 2.05) is 24.5 Å². The molecule has 0 bridgehead atoms. The van der Waals surface area contributed by atoms with E-state index in [-0.39, 0.29) is 0 Å². The summed E-state index contributed by atoms with van der Waals surface area (Å²) in [6.45, 7) is 5.29. The number of hydrogen-bond donors (Lipinski definition) is 0. The van der Waals surface area contributed by atoms with E-state index in [1.165, 1.54) is 62.5 Å². The number of benzene rings is 2. The molecule has 1 atom stereocenters. The summed E-state index contributed by atoms with van der Waals surface area (Å²) < 4.78 is 5.95. The van der Waals surface area contributed by atoms with E-state index in [9.17, 15) is 0 Å². The largest absolute Gasteiger partial charge is 0.494 e. The van der Waals surface area contributed by atoms with Crippen molar-refractivity contribution < 1.29 is 4.74 Å². The number of rotatable bonds is 16. The second kappa shape index (κ2) is 15.3. The molecule has 0 spiro atoms. The van der Waals surface area contributed by atoms with Crippen LogP contribution in [0.3, 0.4) is 0 Å². The molecule has 0 aliphatic rings. The maximum atomic E-state index is 5.95. The van der Waals surface area contributed by atoms with Crippen molar-refractivity contribution in [2.75, 3.05) is 6.61 Å². The molecule has 0 aliphatic carbocycles. The molecule has 3 aromatic rings. The van der Waals surface area contributed by atoms with Crippen molar-refractivity contribution in [1.29, 1.82) is 0 Å². The first-order valence-electron chi connectivity index (χ1n) is 13.4. The quantitative estimate of drug-likeness (QED) is 0.201. The molecular formula is C31H42N2O. The Labute approximate surface area is 207 Å². The Morgan fingerprint density at radius 1 is 0.735 bits per heavy atom. The van der Waals surface area contributed by atoms with Gasteiger partial charge < -0.3 is 4.74 Å². The highest BCUT2D eigenvalue weighted by Gasteiger charge is 2.06. The van der Waals surface area contributed by atoms with Gasteiger partial charge in [0, 0.05) is 18.0 Å². The fourth-order valence-electron chi connectivity index (χ4n) is 4.32. The molecule has 0 N–H and O–H groups in total. The lowest BCUT2D eigenvalue weighted by Gasteiger charge is -2.12. The second-order valence-corrected chi connectivity index (χ2v) is 9.47. The minimum absolute atomic E-state index is 0.558. The second-order valence-electron chi connectivity index (χ2n) is 9.47. The molecule has 0 saturated carbocycles. The Hall–Kier alpha value is -2.68. The summed E-state index contributed by atoms with van der Waals surface area (Å²) in [5.41, 5.74) is 3.67. The van der Waals surface area contributed by atoms with Crippen molar-refractivity contribution >= 4 is 0 Å². The fraction of sp³-hybridized carbons (Fsp3) is 0.484. The van der Waals surface area contributed by atoms with E-state index in [2.05, 4.69) is 66.3 Å². The average Bonchev–Trinajstić information content (AvgIpc) is 2.89. The Balaban J connectivity index is 1.34. The third kappa shape index (κ3) is 9.29. The zero-order valence-electron chi connectivity index (χ0n) is 21.2. The Morgan fingerprint density at radius 2 is 1.38 bits per heavy atom. The number of nitrogens with zero attached hydrogens (tertiary/aromatic N) is 2. The molecule has 34 heavy (non-hydrogen) atoms. The van der Waals surface area contributed by atoms with Gasteiger partial charge in [-0.1, -0.05) is 89.1 Å². The van der Waals surface area contributed by atoms with Crippen molar-refractivity contribution in [3.63, 3.8) is 0 Å². The molecule has 1 unspecified atom stereocenters. The van der Waals surface area contributed by atoms with Crippen LogP contribution < -0.4 is 4.74 Å². The molecule has 1 aromatic heterocycles. The van der Waals surface area contributed by atoms with E-state index in [4.69, 9.17) is 4.74 Å². The molecule has 2 aromatic carbocycles. The summed E-state index contributed by atoms with van der Waals surface area (Å²) in [7, 11) is 0. The van der Waals surface area contributed by atoms with E-state index >= 15 is 0 Å². The van der Waals surface area contributed by atoms with Crippen LogP contribution in [-0.2, 0) is 6.42 Å². The number of aryl methyl sites for hydroxylation is 1. The lowest BCUT2D eigenvalue weighted by Crippen LogP contribution is -2.01. The Bertz CT molecular complexity index is 906. The van der Waals surface area contributed by atoms with Crippen molar-refractivity contribution in [3.05, 3.63) is 78.1 Å². The lowest BCUT2D eigenvalue weighted by atomic mass is 9.97. The molecule has 0 amide bonds. The summed E-state index contributed by atoms with van der Waals surface area (Å²) in [6.07, 6.45) is 18.0. The predicted octanol–water partition coefficient (Wildman–Crippen LogP) is 8.79. The van der Waals surface area contributed by atoms with Gasteiger partial charge in [0.2, 0.25) is 0 Å². The first kappa shape index (κ1) is 25.9. The Kier molecular flexibility index (Phi) is 11.6. The maximum Gasteiger partial charge on any atom is 0.159 e. The number of unbranched alkanes of at least 4 members (excludes halogenated alkanes) is 7. The average molecular weight is 459 g/mol. The van der Waals surface area contributed by atoms with Crippen LogP contribution >= 0.6 is 0 Å². The third-order valence-corrected chi connectivity index (χ3v) is 6.56. The van der Waals surface area contributed by atoms with Crippen molar-refractivity contribution in [2.45, 2.75) is 90.4 Å². The van der Waals surface area contributed by atoms with E-state index in [1.54, 1.807) is 0 Å². The fourth-order valence-corrected chi connectivity index (χ4v) is 4.32. The monoisotopic (exact) mass is 458 g/mol. The molecule has 1 heterocycles. The smallest absolute Gasteiger partial charge is 0.159 e. The first-order valence-corrected chi connectivity index (χ1v) is 13.4. The van der Waals surface area contributed by atoms with E-state index in [0.717, 1.165) is 43.0 Å². The van der Waals surface area contributed by atoms with Crippen LogP contribution in [0.5, 0.6) is 5.75 Å². The van der Waals surface area contributed by atoms with Crippen molar-refractivity contribution in [3.8, 4) is 17.1 Å². The molecule has 3 nitrogen and oxygen atoms in total. The van der Waals surface area contributed by atoms with Crippen LogP contribution in [0, 0.1) is 0 Å². The summed E-state index contributed by atoms with van der Waals surface area (Å²) in [4.78, 5) is 9.20. The van der Waals surface area contributed by atoms with Gasteiger partial charge in [-0.25, -0.2) is 9.97 Å². The normalized spacial score (nSPS) is 11.9. The van der Waals surface area contributed by atoms with E-state index < -0.39 is 0 Å². The molecule has 3 rings (SSSR count). The molecular weight excluding hydrogens is 416 g/mol. The molecule has 182 valence electrons. The molecule has 0 radical (unpaired) electrons. The van der Waals surface area contributed by atoms with Crippen LogP contribution in [0.15, 0.2) is 67.0 Å². The zero-order valence-corrected chi connectivity index (χ0v) is 21.2. The van der Waals surface area contributed by atoms with Gasteiger partial charge in [-0.3, -0.25) is 0 Å². The molecule has 0 fully saturated rings. The van der Waals surface area contributed by atoms with Crippen LogP contribution in [0.1, 0.15) is 95.1 Å². The highest BCUT2D eigenvalue weighted by molar-refractivity contribution is 5.55. The van der Waals surface area contributed by atoms with Gasteiger partial charge in [-0.05, 0) is 67.0 Å². The number of hydrogen-bond acceptors (Lipinski definition) is 3. The SMILES string of the molecule is CCCCCCCCCCc1cnc(-c2ccc(OCCCC(C)c3ccccc3)cc2)nc1. The lowest BCUT2D eigenvalue weighted by molar-refractivity contribution is 0.303. The van der Waals surface area contributed by atoms with Gasteiger partial charge >= 0.3 is 0 Å². The van der Waals surface area contributed by atoms with Gasteiger partial charge in [0.1, 0.15) is 5.75 Å². The van der Waals surface area contributed by atoms with Crippen LogP contribution in [0.4, 0.5) is 0 Å². The highest BCUT2D eigenvalue weighted by atomic mass is 16.5. The van der Waals surface area contributed by atoms with Crippen LogP contribution in [0.2, 0.25) is 0 Å². The Morgan fingerprint density at radius 3 is 2.06 bits per heavy atom. The van der Waals surface area contributed by atoms with Crippen LogP contribution in [0.25, 0.3) is 11.4 Å². The molecule has 0 aliphatic heterocycles. The van der Waals surface area contributed by atoms with Crippen molar-refractivity contribution in [1.82, 2.24) is 9.97 Å². The van der Waals surface area contributed by atoms with E-state index in [0.29, 0.717) is 5.92 Å². The van der Waals surface area contributed by atoms with Crippen LogP contribution in [-0.4, -0.2) is 16.6 Å². The van der Waals surface area contributed by atoms with Gasteiger partial charge in [-0.15, -0.1) is 0 Å². The number of aromatic nitrogens is 2. The summed E-state index contributed by atoms with van der Waals surface area (Å²) >= 11 is 0. The molecule has 3 heteroatoms. The summed E-state index contributed by atoms with van der Waals surface area (Å²) in [5.74, 6) is 2.24. The maximum absolute atomic E-state index is 5.95. The minimum Gasteiger partial charge on any atom is -0.494 e. The third-order valence-electron chi connectivity index (χ3n) is 6.56. The minimum atomic E-state index is 0.558. The van der Waals surface area contributed by atoms with Gasteiger partial charge in [-0.2, -0.15) is 0 Å². The van der Waals surface area contributed by atoms with Gasteiger partial charge in [0.15, 0.2) is 5.82 Å². The topological polar surface area (TPSA) is 35.0 Å². The zero-order chi connectivity index (χ0) is 23.8. The number of ether oxygens (including phenoxy) is 1. The molecule has 0 saturated heterocycles. The first-order chi connectivity index (χ1) is 16.8. The van der Waals surface area contributed by atoms with Crippen molar-refractivity contribution in [2.24, 2.45) is 0 Å². The summed E-state index contributed by atoms with van der Waals surface area (Å²) in [6, 6.07) is 18.8. The highest BCUT2D eigenvalue weighted by Crippen LogP contribution is 2.22. The van der Waals surface area contributed by atoms with Gasteiger partial charge in [0.25, 0.3) is 0 Å². The van der Waals surface area contributed by atoms with Gasteiger partial charge in [0.05, 0.1) is 6.61 Å².